The van der Waals surface area contributed by atoms with Crippen molar-refractivity contribution in [3.05, 3.63) is 15.9 Å². The van der Waals surface area contributed by atoms with Crippen LogP contribution >= 0.6 is 39.9 Å². The summed E-state index contributed by atoms with van der Waals surface area (Å²) < 4.78 is 3.14. The van der Waals surface area contributed by atoms with Gasteiger partial charge in [0.05, 0.1) is 25.6 Å². The van der Waals surface area contributed by atoms with Crippen LogP contribution in [-0.2, 0) is 20.0 Å². The Kier molecular flexibility index (Phi) is 5.73. The van der Waals surface area contributed by atoms with Crippen molar-refractivity contribution in [2.75, 3.05) is 19.3 Å². The molecule has 1 fully saturated rings. The molecule has 0 bridgehead atoms. The first-order valence-electron chi connectivity index (χ1n) is 7.21. The van der Waals surface area contributed by atoms with E-state index in [0.717, 1.165) is 49.1 Å². The first kappa shape index (κ1) is 17.2. The fraction of sp³-hybridized carbons (Fsp3) is 0.714. The molecule has 118 valence electrons. The highest BCUT2D eigenvalue weighted by Gasteiger charge is 2.36. The molecule has 0 atom stereocenters. The maximum Gasteiger partial charge on any atom is 0.0891 e. The minimum atomic E-state index is -0.00982. The summed E-state index contributed by atoms with van der Waals surface area (Å²) in [6.45, 7) is 5.10. The van der Waals surface area contributed by atoms with Gasteiger partial charge in [-0.15, -0.1) is 0 Å². The standard InChI is InChI=1S/C14H23BrN4S2/c1-4-10-12(15)11(18(2)17-10)9-19-7-5-14(21-3,6-8-19)13(16)20/h4-9H2,1-3H3,(H2,16,20). The molecule has 0 aromatic carbocycles. The molecule has 0 amide bonds. The molecule has 2 N–H and O–H groups in total. The van der Waals surface area contributed by atoms with E-state index >= 15 is 0 Å². The summed E-state index contributed by atoms with van der Waals surface area (Å²) in [5.74, 6) is 0. The lowest BCUT2D eigenvalue weighted by atomic mass is 9.95. The van der Waals surface area contributed by atoms with Gasteiger partial charge in [0.25, 0.3) is 0 Å². The fourth-order valence-electron chi connectivity index (χ4n) is 2.83. The largest absolute Gasteiger partial charge is 0.392 e. The van der Waals surface area contributed by atoms with Crippen LogP contribution in [0.15, 0.2) is 4.47 Å². The van der Waals surface area contributed by atoms with Crippen molar-refractivity contribution in [1.82, 2.24) is 14.7 Å². The summed E-state index contributed by atoms with van der Waals surface area (Å²) in [5.41, 5.74) is 8.33. The molecular formula is C14H23BrN4S2. The quantitative estimate of drug-likeness (QED) is 0.783. The zero-order valence-corrected chi connectivity index (χ0v) is 16.1. The van der Waals surface area contributed by atoms with Crippen molar-refractivity contribution in [2.45, 2.75) is 37.5 Å². The number of aromatic nitrogens is 2. The number of nitrogens with two attached hydrogens (primary N) is 1. The molecule has 1 aromatic heterocycles. The highest BCUT2D eigenvalue weighted by atomic mass is 79.9. The van der Waals surface area contributed by atoms with Crippen LogP contribution in [0.2, 0.25) is 0 Å². The number of thiocarbonyl (C=S) groups is 1. The monoisotopic (exact) mass is 390 g/mol. The van der Waals surface area contributed by atoms with Crippen molar-refractivity contribution in [3.63, 3.8) is 0 Å². The van der Waals surface area contributed by atoms with Gasteiger partial charge in [-0.3, -0.25) is 9.58 Å². The molecule has 4 nitrogen and oxygen atoms in total. The minimum Gasteiger partial charge on any atom is -0.392 e. The molecule has 21 heavy (non-hydrogen) atoms. The average molecular weight is 391 g/mol. The van der Waals surface area contributed by atoms with Gasteiger partial charge in [0.1, 0.15) is 0 Å². The van der Waals surface area contributed by atoms with Gasteiger partial charge in [-0.05, 0) is 41.4 Å². The molecule has 7 heteroatoms. The van der Waals surface area contributed by atoms with Crippen LogP contribution in [0.4, 0.5) is 0 Å². The van der Waals surface area contributed by atoms with Crippen molar-refractivity contribution in [2.24, 2.45) is 12.8 Å². The number of piperidine rings is 1. The van der Waals surface area contributed by atoms with Gasteiger partial charge in [-0.25, -0.2) is 0 Å². The van der Waals surface area contributed by atoms with E-state index in [-0.39, 0.29) is 4.75 Å². The molecule has 1 aliphatic rings. The van der Waals surface area contributed by atoms with E-state index in [4.69, 9.17) is 18.0 Å². The highest BCUT2D eigenvalue weighted by Crippen LogP contribution is 2.35. The third kappa shape index (κ3) is 3.46. The lowest BCUT2D eigenvalue weighted by Gasteiger charge is -2.40. The van der Waals surface area contributed by atoms with Crippen LogP contribution in [0.5, 0.6) is 0 Å². The molecule has 1 saturated heterocycles. The Morgan fingerprint density at radius 2 is 2.10 bits per heavy atom. The van der Waals surface area contributed by atoms with E-state index in [2.05, 4.69) is 39.1 Å². The number of halogens is 1. The molecule has 0 saturated carbocycles. The number of aryl methyl sites for hydroxylation is 2. The molecule has 2 rings (SSSR count). The molecular weight excluding hydrogens is 368 g/mol. The summed E-state index contributed by atoms with van der Waals surface area (Å²) in [5, 5.41) is 4.57. The Balaban J connectivity index is 2.04. The molecule has 0 aliphatic carbocycles. The van der Waals surface area contributed by atoms with Crippen molar-refractivity contribution < 1.29 is 0 Å². The van der Waals surface area contributed by atoms with Gasteiger partial charge in [0.2, 0.25) is 0 Å². The Hall–Kier alpha value is -0.110. The molecule has 1 aromatic rings. The second-order valence-electron chi connectivity index (χ2n) is 5.52. The van der Waals surface area contributed by atoms with Crippen LogP contribution in [0.3, 0.4) is 0 Å². The van der Waals surface area contributed by atoms with Crippen LogP contribution in [0.1, 0.15) is 31.2 Å². The van der Waals surface area contributed by atoms with E-state index in [9.17, 15) is 0 Å². The zero-order valence-electron chi connectivity index (χ0n) is 12.9. The average Bonchev–Trinajstić information content (AvgIpc) is 2.75. The highest BCUT2D eigenvalue weighted by molar-refractivity contribution is 9.10. The Morgan fingerprint density at radius 3 is 2.52 bits per heavy atom. The lowest BCUT2D eigenvalue weighted by molar-refractivity contribution is 0.207. The van der Waals surface area contributed by atoms with Gasteiger partial charge < -0.3 is 5.73 Å². The molecule has 0 spiro atoms. The van der Waals surface area contributed by atoms with Crippen LogP contribution in [-0.4, -0.2) is 43.8 Å². The van der Waals surface area contributed by atoms with Gasteiger partial charge in [-0.2, -0.15) is 16.9 Å². The maximum absolute atomic E-state index is 5.95. The Bertz CT molecular complexity index is 521. The fourth-order valence-corrected chi connectivity index (χ4v) is 4.81. The maximum atomic E-state index is 5.95. The van der Waals surface area contributed by atoms with Gasteiger partial charge in [0, 0.05) is 26.7 Å². The van der Waals surface area contributed by atoms with Crippen LogP contribution in [0, 0.1) is 0 Å². The molecule has 0 radical (unpaired) electrons. The van der Waals surface area contributed by atoms with Crippen molar-refractivity contribution in [1.29, 1.82) is 0 Å². The van der Waals surface area contributed by atoms with Crippen molar-refractivity contribution in [3.8, 4) is 0 Å². The molecule has 2 heterocycles. The summed E-state index contributed by atoms with van der Waals surface area (Å²) in [4.78, 5) is 3.12. The van der Waals surface area contributed by atoms with E-state index in [0.29, 0.717) is 4.99 Å². The van der Waals surface area contributed by atoms with Crippen molar-refractivity contribution >= 4 is 44.9 Å². The second-order valence-corrected chi connectivity index (χ2v) is 7.95. The zero-order chi connectivity index (χ0) is 15.6. The first-order valence-corrected chi connectivity index (χ1v) is 9.63. The van der Waals surface area contributed by atoms with Crippen LogP contribution < -0.4 is 5.73 Å². The normalized spacial score (nSPS) is 18.9. The van der Waals surface area contributed by atoms with E-state index in [1.54, 1.807) is 11.8 Å². The van der Waals surface area contributed by atoms with Crippen LogP contribution in [0.25, 0.3) is 0 Å². The third-order valence-corrected chi connectivity index (χ3v) is 7.22. The number of hydrogen-bond donors (Lipinski definition) is 1. The molecule has 0 unspecified atom stereocenters. The lowest BCUT2D eigenvalue weighted by Crippen LogP contribution is -2.49. The summed E-state index contributed by atoms with van der Waals surface area (Å²) >= 11 is 10.8. The topological polar surface area (TPSA) is 47.1 Å². The number of thioether (sulfide) groups is 1. The smallest absolute Gasteiger partial charge is 0.0891 e. The number of rotatable bonds is 5. The second kappa shape index (κ2) is 6.98. The van der Waals surface area contributed by atoms with E-state index in [1.165, 1.54) is 5.69 Å². The first-order chi connectivity index (χ1) is 9.93. The van der Waals surface area contributed by atoms with Gasteiger partial charge >= 0.3 is 0 Å². The predicted molar refractivity (Wildman–Crippen MR) is 97.8 cm³/mol. The number of likely N-dealkylation sites (tertiary alicyclic amines) is 1. The minimum absolute atomic E-state index is 0.00982. The number of hydrogen-bond acceptors (Lipinski definition) is 4. The SMILES string of the molecule is CCc1nn(C)c(CN2CCC(SC)(C(N)=S)CC2)c1Br. The van der Waals surface area contributed by atoms with E-state index in [1.807, 2.05) is 11.7 Å². The summed E-state index contributed by atoms with van der Waals surface area (Å²) in [7, 11) is 2.02. The summed E-state index contributed by atoms with van der Waals surface area (Å²) in [6.07, 6.45) is 5.12. The van der Waals surface area contributed by atoms with E-state index < -0.39 is 0 Å². The summed E-state index contributed by atoms with van der Waals surface area (Å²) in [6, 6.07) is 0. The predicted octanol–water partition coefficient (Wildman–Crippen LogP) is 2.73. The molecule has 1 aliphatic heterocycles. The third-order valence-electron chi connectivity index (χ3n) is 4.38. The Morgan fingerprint density at radius 1 is 1.48 bits per heavy atom. The van der Waals surface area contributed by atoms with Gasteiger partial charge in [0.15, 0.2) is 0 Å². The number of nitrogens with zero attached hydrogens (tertiary/aromatic N) is 3. The van der Waals surface area contributed by atoms with Gasteiger partial charge in [-0.1, -0.05) is 19.1 Å². The Labute approximate surface area is 144 Å².